The topological polar surface area (TPSA) is 94.5 Å². The first-order chi connectivity index (χ1) is 19.1. The summed E-state index contributed by atoms with van der Waals surface area (Å²) in [6.45, 7) is 6.16. The number of methoxy groups -OCH3 is 2. The molecule has 40 heavy (non-hydrogen) atoms. The zero-order chi connectivity index (χ0) is 29.1. The number of aliphatic hydroxyl groups excluding tert-OH is 1. The van der Waals surface area contributed by atoms with E-state index in [9.17, 15) is 14.7 Å². The average Bonchev–Trinajstić information content (AvgIpc) is 3.19. The highest BCUT2D eigenvalue weighted by molar-refractivity contribution is 6.52. The fraction of sp³-hybridized carbons (Fsp3) is 0.267. The van der Waals surface area contributed by atoms with E-state index in [0.717, 1.165) is 0 Å². The molecule has 1 aliphatic heterocycles. The highest BCUT2D eigenvalue weighted by Gasteiger charge is 2.47. The fourth-order valence-corrected chi connectivity index (χ4v) is 5.26. The number of carbonyl (C=O) groups excluding carboxylic acids is 2. The van der Waals surface area contributed by atoms with E-state index in [1.165, 1.54) is 25.2 Å². The van der Waals surface area contributed by atoms with E-state index in [0.29, 0.717) is 29.4 Å². The predicted octanol–water partition coefficient (Wildman–Crippen LogP) is 6.82. The molecule has 8 nitrogen and oxygen atoms in total. The normalized spacial score (nSPS) is 16.4. The Morgan fingerprint density at radius 2 is 1.55 bits per heavy atom. The van der Waals surface area contributed by atoms with Crippen molar-refractivity contribution in [2.45, 2.75) is 32.9 Å². The molecule has 1 N–H and O–H groups in total. The van der Waals surface area contributed by atoms with Gasteiger partial charge in [0.2, 0.25) is 0 Å². The number of carbonyl (C=O) groups is 2. The Labute approximate surface area is 242 Å². The van der Waals surface area contributed by atoms with E-state index in [4.69, 9.17) is 42.1 Å². The number of nitrogens with zero attached hydrogens (tertiary/aromatic N) is 1. The molecule has 1 saturated heterocycles. The molecular weight excluding hydrogens is 557 g/mol. The molecule has 210 valence electrons. The first kappa shape index (κ1) is 29.1. The molecule has 3 aromatic carbocycles. The lowest BCUT2D eigenvalue weighted by Gasteiger charge is -2.26. The van der Waals surface area contributed by atoms with Gasteiger partial charge < -0.3 is 24.1 Å². The minimum atomic E-state index is -0.990. The molecule has 0 spiro atoms. The third kappa shape index (κ3) is 5.42. The molecule has 1 atom stereocenters. The van der Waals surface area contributed by atoms with E-state index in [-0.39, 0.29) is 38.8 Å². The standard InChI is InChI=1S/C30H29Cl2NO7/c1-6-39-19-13-9-18(10-14-19)33-25(17-7-11-20(12-8-17)40-16(2)3)23(27(35)30(33)36)26(34)21-15-22(31)29(38-5)24(32)28(21)37-4/h7-16,25,34H,6H2,1-5H3/b26-23+. The molecule has 0 aromatic heterocycles. The second-order valence-electron chi connectivity index (χ2n) is 9.12. The van der Waals surface area contributed by atoms with Crippen LogP contribution in [-0.2, 0) is 9.59 Å². The largest absolute Gasteiger partial charge is 0.507 e. The van der Waals surface area contributed by atoms with Gasteiger partial charge in [0, 0.05) is 5.69 Å². The number of halogens is 2. The number of Topliss-reactive ketones (excluding diaryl/α,β-unsaturated/α-hetero) is 1. The number of rotatable bonds is 9. The van der Waals surface area contributed by atoms with Gasteiger partial charge >= 0.3 is 0 Å². The van der Waals surface area contributed by atoms with Gasteiger partial charge in [-0.3, -0.25) is 14.5 Å². The van der Waals surface area contributed by atoms with Gasteiger partial charge in [-0.1, -0.05) is 35.3 Å². The smallest absolute Gasteiger partial charge is 0.300 e. The molecule has 0 saturated carbocycles. The summed E-state index contributed by atoms with van der Waals surface area (Å²) < 4.78 is 22.0. The van der Waals surface area contributed by atoms with Gasteiger partial charge in [-0.05, 0) is 68.8 Å². The number of ether oxygens (including phenoxy) is 4. The molecule has 4 rings (SSSR count). The number of ketones is 1. The van der Waals surface area contributed by atoms with E-state index in [2.05, 4.69) is 0 Å². The van der Waals surface area contributed by atoms with Crippen LogP contribution in [0.15, 0.2) is 60.2 Å². The summed E-state index contributed by atoms with van der Waals surface area (Å²) in [7, 11) is 2.75. The van der Waals surface area contributed by atoms with Crippen molar-refractivity contribution in [3.05, 3.63) is 81.3 Å². The van der Waals surface area contributed by atoms with Crippen LogP contribution in [-0.4, -0.2) is 43.7 Å². The monoisotopic (exact) mass is 585 g/mol. The van der Waals surface area contributed by atoms with Crippen molar-refractivity contribution in [2.24, 2.45) is 0 Å². The molecule has 1 aliphatic rings. The second kappa shape index (κ2) is 12.1. The molecule has 1 fully saturated rings. The molecule has 3 aromatic rings. The van der Waals surface area contributed by atoms with Crippen molar-refractivity contribution in [1.82, 2.24) is 0 Å². The second-order valence-corrected chi connectivity index (χ2v) is 9.90. The van der Waals surface area contributed by atoms with Crippen LogP contribution in [0.1, 0.15) is 37.9 Å². The van der Waals surface area contributed by atoms with Crippen LogP contribution in [0.3, 0.4) is 0 Å². The maximum Gasteiger partial charge on any atom is 0.300 e. The molecular formula is C30H29Cl2NO7. The summed E-state index contributed by atoms with van der Waals surface area (Å²) in [5, 5.41) is 11.7. The predicted molar refractivity (Wildman–Crippen MR) is 154 cm³/mol. The molecule has 10 heteroatoms. The summed E-state index contributed by atoms with van der Waals surface area (Å²) in [5.41, 5.74) is 0.880. The van der Waals surface area contributed by atoms with E-state index in [1.54, 1.807) is 48.5 Å². The third-order valence-corrected chi connectivity index (χ3v) is 6.86. The van der Waals surface area contributed by atoms with Gasteiger partial charge in [-0.25, -0.2) is 0 Å². The number of hydrogen-bond donors (Lipinski definition) is 1. The Morgan fingerprint density at radius 3 is 2.10 bits per heavy atom. The Morgan fingerprint density at radius 1 is 0.950 bits per heavy atom. The Balaban J connectivity index is 1.94. The highest BCUT2D eigenvalue weighted by Crippen LogP contribution is 2.48. The minimum Gasteiger partial charge on any atom is -0.507 e. The van der Waals surface area contributed by atoms with Crippen LogP contribution >= 0.6 is 23.2 Å². The zero-order valence-corrected chi connectivity index (χ0v) is 24.2. The third-order valence-electron chi connectivity index (χ3n) is 6.23. The van der Waals surface area contributed by atoms with E-state index >= 15 is 0 Å². The lowest BCUT2D eigenvalue weighted by molar-refractivity contribution is -0.132. The van der Waals surface area contributed by atoms with Gasteiger partial charge in [-0.15, -0.1) is 0 Å². The first-order valence-electron chi connectivity index (χ1n) is 12.5. The Bertz CT molecular complexity index is 1450. The lowest BCUT2D eigenvalue weighted by Crippen LogP contribution is -2.29. The Hall–Kier alpha value is -3.88. The number of hydrogen-bond acceptors (Lipinski definition) is 7. The van der Waals surface area contributed by atoms with Crippen LogP contribution < -0.4 is 23.8 Å². The maximum absolute atomic E-state index is 13.6. The lowest BCUT2D eigenvalue weighted by atomic mass is 9.94. The maximum atomic E-state index is 13.6. The number of anilines is 1. The zero-order valence-electron chi connectivity index (χ0n) is 22.7. The van der Waals surface area contributed by atoms with Crippen LogP contribution in [0.25, 0.3) is 5.76 Å². The number of amides is 1. The van der Waals surface area contributed by atoms with Crippen LogP contribution in [0.5, 0.6) is 23.0 Å². The van der Waals surface area contributed by atoms with Gasteiger partial charge in [0.25, 0.3) is 11.7 Å². The average molecular weight is 586 g/mol. The highest BCUT2D eigenvalue weighted by atomic mass is 35.5. The molecule has 1 amide bonds. The summed E-state index contributed by atoms with van der Waals surface area (Å²) >= 11 is 12.8. The Kier molecular flexibility index (Phi) is 8.81. The van der Waals surface area contributed by atoms with Crippen LogP contribution in [0.2, 0.25) is 10.0 Å². The summed E-state index contributed by atoms with van der Waals surface area (Å²) in [4.78, 5) is 28.4. The summed E-state index contributed by atoms with van der Waals surface area (Å²) in [6.07, 6.45) is -0.0441. The molecule has 1 heterocycles. The van der Waals surface area contributed by atoms with Crippen LogP contribution in [0, 0.1) is 0 Å². The molecule has 0 bridgehead atoms. The molecule has 1 unspecified atom stereocenters. The number of aliphatic hydroxyl groups is 1. The quantitative estimate of drug-likeness (QED) is 0.167. The fourth-order valence-electron chi connectivity index (χ4n) is 4.58. The van der Waals surface area contributed by atoms with Gasteiger partial charge in [-0.2, -0.15) is 0 Å². The molecule has 0 aliphatic carbocycles. The first-order valence-corrected chi connectivity index (χ1v) is 13.3. The van der Waals surface area contributed by atoms with E-state index < -0.39 is 23.5 Å². The summed E-state index contributed by atoms with van der Waals surface area (Å²) in [5.74, 6) is -0.792. The molecule has 0 radical (unpaired) electrons. The summed E-state index contributed by atoms with van der Waals surface area (Å²) in [6, 6.07) is 14.1. The number of benzene rings is 3. The van der Waals surface area contributed by atoms with Crippen molar-refractivity contribution in [3.63, 3.8) is 0 Å². The minimum absolute atomic E-state index is 0.00605. The van der Waals surface area contributed by atoms with Crippen molar-refractivity contribution in [2.75, 3.05) is 25.7 Å². The van der Waals surface area contributed by atoms with Gasteiger partial charge in [0.1, 0.15) is 22.3 Å². The van der Waals surface area contributed by atoms with Crippen molar-refractivity contribution in [3.8, 4) is 23.0 Å². The van der Waals surface area contributed by atoms with Crippen molar-refractivity contribution < 1.29 is 33.6 Å². The van der Waals surface area contributed by atoms with E-state index in [1.807, 2.05) is 20.8 Å². The van der Waals surface area contributed by atoms with Gasteiger partial charge in [0.15, 0.2) is 11.5 Å². The SMILES string of the molecule is CCOc1ccc(N2C(=O)C(=O)/C(=C(/O)c3cc(Cl)c(OC)c(Cl)c3OC)C2c2ccc(OC(C)C)cc2)cc1. The van der Waals surface area contributed by atoms with Gasteiger partial charge in [0.05, 0.1) is 49.1 Å². The van der Waals surface area contributed by atoms with Crippen molar-refractivity contribution >= 4 is 46.3 Å². The van der Waals surface area contributed by atoms with Crippen molar-refractivity contribution in [1.29, 1.82) is 0 Å². The van der Waals surface area contributed by atoms with Crippen LogP contribution in [0.4, 0.5) is 5.69 Å².